The summed E-state index contributed by atoms with van der Waals surface area (Å²) >= 11 is 0. The van der Waals surface area contributed by atoms with E-state index in [4.69, 9.17) is 0 Å². The van der Waals surface area contributed by atoms with E-state index in [1.165, 1.54) is 7.05 Å². The molecule has 0 aromatic heterocycles. The second kappa shape index (κ2) is 7.27. The van der Waals surface area contributed by atoms with Crippen LogP contribution in [0.25, 0.3) is 10.8 Å². The van der Waals surface area contributed by atoms with Crippen molar-refractivity contribution in [2.75, 3.05) is 18.9 Å². The van der Waals surface area contributed by atoms with Crippen molar-refractivity contribution in [3.05, 3.63) is 72.3 Å². The molecule has 0 aliphatic carbocycles. The molecule has 3 aromatic rings. The molecule has 0 spiro atoms. The highest BCUT2D eigenvalue weighted by Gasteiger charge is 2.23. The number of rotatable bonds is 5. The van der Waals surface area contributed by atoms with Crippen molar-refractivity contribution in [3.63, 3.8) is 0 Å². The Morgan fingerprint density at radius 3 is 2.42 bits per heavy atom. The fourth-order valence-electron chi connectivity index (χ4n) is 2.72. The van der Waals surface area contributed by atoms with Crippen LogP contribution in [0.5, 0.6) is 0 Å². The molecule has 26 heavy (non-hydrogen) atoms. The van der Waals surface area contributed by atoms with Crippen molar-refractivity contribution in [2.24, 2.45) is 0 Å². The monoisotopic (exact) mass is 368 g/mol. The zero-order valence-electron chi connectivity index (χ0n) is 14.6. The van der Waals surface area contributed by atoms with Gasteiger partial charge >= 0.3 is 0 Å². The summed E-state index contributed by atoms with van der Waals surface area (Å²) in [5.41, 5.74) is 1.66. The molecule has 0 aliphatic rings. The standard InChI is InChI=1S/C20H20N2O3S/c1-15-6-5-9-18(12-15)21-20(23)14-22(2)26(24,25)19-11-10-16-7-3-4-8-17(16)13-19/h3-13H,14H2,1-2H3,(H,21,23). The maximum Gasteiger partial charge on any atom is 0.243 e. The third kappa shape index (κ3) is 3.92. The van der Waals surface area contributed by atoms with Gasteiger partial charge in [0.2, 0.25) is 15.9 Å². The third-order valence-corrected chi connectivity index (χ3v) is 5.90. The Balaban J connectivity index is 1.76. The predicted molar refractivity (Wildman–Crippen MR) is 104 cm³/mol. The van der Waals surface area contributed by atoms with Crippen molar-refractivity contribution in [1.29, 1.82) is 0 Å². The van der Waals surface area contributed by atoms with Crippen LogP contribution in [0.1, 0.15) is 5.56 Å². The van der Waals surface area contributed by atoms with Gasteiger partial charge in [-0.2, -0.15) is 4.31 Å². The summed E-state index contributed by atoms with van der Waals surface area (Å²) in [6.45, 7) is 1.66. The summed E-state index contributed by atoms with van der Waals surface area (Å²) in [6.07, 6.45) is 0. The minimum atomic E-state index is -3.75. The van der Waals surface area contributed by atoms with Crippen LogP contribution in [0.4, 0.5) is 5.69 Å². The van der Waals surface area contributed by atoms with E-state index >= 15 is 0 Å². The van der Waals surface area contributed by atoms with Gasteiger partial charge in [0, 0.05) is 12.7 Å². The number of nitrogens with one attached hydrogen (secondary N) is 1. The molecule has 0 saturated carbocycles. The van der Waals surface area contributed by atoms with Crippen molar-refractivity contribution < 1.29 is 13.2 Å². The first-order valence-electron chi connectivity index (χ1n) is 8.18. The van der Waals surface area contributed by atoms with Crippen LogP contribution in [0.2, 0.25) is 0 Å². The van der Waals surface area contributed by atoms with Gasteiger partial charge in [0.15, 0.2) is 0 Å². The van der Waals surface area contributed by atoms with E-state index in [0.29, 0.717) is 5.69 Å². The number of sulfonamides is 1. The molecule has 0 heterocycles. The number of amides is 1. The van der Waals surface area contributed by atoms with Crippen molar-refractivity contribution >= 4 is 32.4 Å². The normalized spacial score (nSPS) is 11.7. The third-order valence-electron chi connectivity index (χ3n) is 4.10. The van der Waals surface area contributed by atoms with Crippen LogP contribution in [-0.4, -0.2) is 32.2 Å². The number of nitrogens with zero attached hydrogens (tertiary/aromatic N) is 1. The van der Waals surface area contributed by atoms with E-state index in [9.17, 15) is 13.2 Å². The molecule has 0 unspecified atom stereocenters. The molecule has 6 heteroatoms. The summed E-state index contributed by atoms with van der Waals surface area (Å²) in [6, 6.07) is 19.8. The lowest BCUT2D eigenvalue weighted by Crippen LogP contribution is -2.34. The summed E-state index contributed by atoms with van der Waals surface area (Å²) in [7, 11) is -2.35. The fraction of sp³-hybridized carbons (Fsp3) is 0.150. The predicted octanol–water partition coefficient (Wildman–Crippen LogP) is 3.41. The van der Waals surface area contributed by atoms with Gasteiger partial charge in [-0.15, -0.1) is 0 Å². The van der Waals surface area contributed by atoms with Crippen LogP contribution in [0.15, 0.2) is 71.6 Å². The second-order valence-corrected chi connectivity index (χ2v) is 8.23. The Morgan fingerprint density at radius 2 is 1.69 bits per heavy atom. The maximum atomic E-state index is 12.8. The Bertz CT molecular complexity index is 1060. The summed E-state index contributed by atoms with van der Waals surface area (Å²) in [4.78, 5) is 12.4. The lowest BCUT2D eigenvalue weighted by Gasteiger charge is -2.17. The van der Waals surface area contributed by atoms with Gasteiger partial charge in [-0.1, -0.05) is 42.5 Å². The highest BCUT2D eigenvalue weighted by Crippen LogP contribution is 2.21. The quantitative estimate of drug-likeness (QED) is 0.750. The molecular formula is C20H20N2O3S. The average Bonchev–Trinajstić information content (AvgIpc) is 2.61. The molecule has 1 amide bonds. The van der Waals surface area contributed by atoms with E-state index < -0.39 is 10.0 Å². The van der Waals surface area contributed by atoms with Crippen LogP contribution in [0, 0.1) is 6.92 Å². The number of likely N-dealkylation sites (N-methyl/N-ethyl adjacent to an activating group) is 1. The van der Waals surface area contributed by atoms with Crippen LogP contribution >= 0.6 is 0 Å². The summed E-state index contributed by atoms with van der Waals surface area (Å²) in [5, 5.41) is 4.53. The van der Waals surface area contributed by atoms with Gasteiger partial charge in [-0.25, -0.2) is 8.42 Å². The van der Waals surface area contributed by atoms with E-state index in [2.05, 4.69) is 5.32 Å². The molecule has 0 atom stereocenters. The fourth-order valence-corrected chi connectivity index (χ4v) is 3.88. The van der Waals surface area contributed by atoms with E-state index in [1.807, 2.05) is 49.4 Å². The van der Waals surface area contributed by atoms with Gasteiger partial charge < -0.3 is 5.32 Å². The largest absolute Gasteiger partial charge is 0.325 e. The molecule has 3 aromatic carbocycles. The molecular weight excluding hydrogens is 348 g/mol. The van der Waals surface area contributed by atoms with Gasteiger partial charge in [0.1, 0.15) is 0 Å². The molecule has 3 rings (SSSR count). The van der Waals surface area contributed by atoms with Crippen LogP contribution in [0.3, 0.4) is 0 Å². The lowest BCUT2D eigenvalue weighted by atomic mass is 10.1. The molecule has 0 radical (unpaired) electrons. The minimum absolute atomic E-state index is 0.169. The Hall–Kier alpha value is -2.70. The van der Waals surface area contributed by atoms with E-state index in [-0.39, 0.29) is 17.3 Å². The van der Waals surface area contributed by atoms with Crippen LogP contribution in [-0.2, 0) is 14.8 Å². The first kappa shape index (κ1) is 18.1. The molecule has 134 valence electrons. The Morgan fingerprint density at radius 1 is 0.962 bits per heavy atom. The number of fused-ring (bicyclic) bond motifs is 1. The molecule has 0 aliphatic heterocycles. The second-order valence-electron chi connectivity index (χ2n) is 6.19. The topological polar surface area (TPSA) is 66.5 Å². The number of anilines is 1. The Kier molecular flexibility index (Phi) is 5.06. The number of aryl methyl sites for hydroxylation is 1. The van der Waals surface area contributed by atoms with Crippen molar-refractivity contribution in [2.45, 2.75) is 11.8 Å². The highest BCUT2D eigenvalue weighted by atomic mass is 32.2. The van der Waals surface area contributed by atoms with Gasteiger partial charge in [-0.05, 0) is 47.5 Å². The maximum absolute atomic E-state index is 12.8. The zero-order valence-corrected chi connectivity index (χ0v) is 15.5. The van der Waals surface area contributed by atoms with E-state index in [0.717, 1.165) is 20.6 Å². The first-order chi connectivity index (χ1) is 12.4. The van der Waals surface area contributed by atoms with Gasteiger partial charge in [0.05, 0.1) is 11.4 Å². The van der Waals surface area contributed by atoms with Gasteiger partial charge in [0.25, 0.3) is 0 Å². The smallest absolute Gasteiger partial charge is 0.243 e. The summed E-state index contributed by atoms with van der Waals surface area (Å²) < 4.78 is 26.6. The molecule has 1 N–H and O–H groups in total. The molecule has 0 saturated heterocycles. The minimum Gasteiger partial charge on any atom is -0.325 e. The average molecular weight is 368 g/mol. The number of hydrogen-bond donors (Lipinski definition) is 1. The highest BCUT2D eigenvalue weighted by molar-refractivity contribution is 7.89. The number of carbonyl (C=O) groups excluding carboxylic acids is 1. The number of carbonyl (C=O) groups is 1. The van der Waals surface area contributed by atoms with E-state index in [1.54, 1.807) is 24.3 Å². The molecule has 0 fully saturated rings. The summed E-state index contributed by atoms with van der Waals surface area (Å²) in [5.74, 6) is -0.387. The van der Waals surface area contributed by atoms with Crippen molar-refractivity contribution in [3.8, 4) is 0 Å². The Labute approximate surface area is 153 Å². The molecule has 5 nitrogen and oxygen atoms in total. The first-order valence-corrected chi connectivity index (χ1v) is 9.62. The lowest BCUT2D eigenvalue weighted by molar-refractivity contribution is -0.116. The SMILES string of the molecule is Cc1cccc(NC(=O)CN(C)S(=O)(=O)c2ccc3ccccc3c2)c1. The molecule has 0 bridgehead atoms. The van der Waals surface area contributed by atoms with Gasteiger partial charge in [-0.3, -0.25) is 4.79 Å². The number of hydrogen-bond acceptors (Lipinski definition) is 3. The van der Waals surface area contributed by atoms with Crippen LogP contribution < -0.4 is 5.32 Å². The number of benzene rings is 3. The van der Waals surface area contributed by atoms with Crippen molar-refractivity contribution in [1.82, 2.24) is 4.31 Å². The zero-order chi connectivity index (χ0) is 18.7.